The molecule has 1 atom stereocenters. The minimum Gasteiger partial charge on any atom is -0.493 e. The van der Waals surface area contributed by atoms with Gasteiger partial charge in [-0.2, -0.15) is 0 Å². The molecule has 2 amide bonds. The highest BCUT2D eigenvalue weighted by molar-refractivity contribution is 5.96. The summed E-state index contributed by atoms with van der Waals surface area (Å²) in [5.41, 5.74) is 3.24. The lowest BCUT2D eigenvalue weighted by Crippen LogP contribution is -2.55. The first-order valence-corrected chi connectivity index (χ1v) is 11.9. The summed E-state index contributed by atoms with van der Waals surface area (Å²) in [6.07, 6.45) is 2.57. The number of ether oxygens (including phenoxy) is 3. The zero-order valence-corrected chi connectivity index (χ0v) is 20.3. The molecule has 0 saturated carbocycles. The van der Waals surface area contributed by atoms with E-state index < -0.39 is 0 Å². The van der Waals surface area contributed by atoms with E-state index in [2.05, 4.69) is 0 Å². The van der Waals surface area contributed by atoms with E-state index in [1.54, 1.807) is 18.9 Å². The van der Waals surface area contributed by atoms with E-state index in [0.29, 0.717) is 42.3 Å². The van der Waals surface area contributed by atoms with Crippen LogP contribution in [0.15, 0.2) is 78.5 Å². The third-order valence-corrected chi connectivity index (χ3v) is 6.51. The van der Waals surface area contributed by atoms with Gasteiger partial charge in [-0.25, -0.2) is 0 Å². The molecule has 36 heavy (non-hydrogen) atoms. The number of carbonyl (C=O) groups is 2. The molecule has 1 saturated heterocycles. The Morgan fingerprint density at radius 3 is 2.44 bits per heavy atom. The Morgan fingerprint density at radius 2 is 1.75 bits per heavy atom. The van der Waals surface area contributed by atoms with Gasteiger partial charge in [-0.1, -0.05) is 48.5 Å². The van der Waals surface area contributed by atoms with E-state index in [9.17, 15) is 9.59 Å². The number of hydrogen-bond acceptors (Lipinski definition) is 5. The number of nitrogens with zero attached hydrogens (tertiary/aromatic N) is 2. The Bertz CT molecular complexity index is 1290. The normalized spacial score (nSPS) is 17.8. The van der Waals surface area contributed by atoms with Crippen LogP contribution in [0.4, 0.5) is 0 Å². The topological polar surface area (TPSA) is 68.3 Å². The van der Waals surface area contributed by atoms with Crippen molar-refractivity contribution in [2.24, 2.45) is 0 Å². The number of carbonyl (C=O) groups excluding carboxylic acids is 2. The van der Waals surface area contributed by atoms with Gasteiger partial charge >= 0.3 is 0 Å². The van der Waals surface area contributed by atoms with Crippen LogP contribution >= 0.6 is 0 Å². The largest absolute Gasteiger partial charge is 0.493 e. The Hall–Kier alpha value is -4.26. The molecule has 0 spiro atoms. The Labute approximate surface area is 210 Å². The Morgan fingerprint density at radius 1 is 1.03 bits per heavy atom. The minimum atomic E-state index is -0.152. The number of amides is 2. The number of piperazine rings is 1. The molecule has 0 aliphatic carbocycles. The molecule has 1 fully saturated rings. The molecular formula is C29H28N2O5. The second-order valence-corrected chi connectivity index (χ2v) is 8.86. The lowest BCUT2D eigenvalue weighted by atomic mass is 9.99. The molecule has 0 N–H and O–H groups in total. The number of rotatable bonds is 5. The average molecular weight is 485 g/mol. The molecule has 7 nitrogen and oxygen atoms in total. The molecule has 0 bridgehead atoms. The average Bonchev–Trinajstić information content (AvgIpc) is 3.38. The summed E-state index contributed by atoms with van der Waals surface area (Å²) in [5, 5.41) is 0. The first-order valence-electron chi connectivity index (χ1n) is 11.9. The summed E-state index contributed by atoms with van der Waals surface area (Å²) in [7, 11) is 1.58. The molecule has 2 heterocycles. The molecule has 7 heteroatoms. The van der Waals surface area contributed by atoms with Crippen LogP contribution in [0.1, 0.15) is 28.4 Å². The standard InChI is InChI=1S/C29H28N2O5/c1-20(32)30-17-25(14-22-15-26(34-2)28-27(16-22)35-19-36-28)31(29(33)23-11-7-4-8-12-23)18-24(30)13-21-9-5-3-6-10-21/h3-12,14-16,24H,13,17-19H2,1-2H3/b25-14-/t24-/m1/s1. The van der Waals surface area contributed by atoms with Gasteiger partial charge in [0.15, 0.2) is 11.5 Å². The van der Waals surface area contributed by atoms with Crippen molar-refractivity contribution in [1.29, 1.82) is 0 Å². The maximum atomic E-state index is 13.7. The molecular weight excluding hydrogens is 456 g/mol. The van der Waals surface area contributed by atoms with E-state index in [-0.39, 0.29) is 24.6 Å². The van der Waals surface area contributed by atoms with Gasteiger partial charge in [-0.05, 0) is 47.9 Å². The lowest BCUT2D eigenvalue weighted by Gasteiger charge is -2.43. The maximum absolute atomic E-state index is 13.7. The van der Waals surface area contributed by atoms with Crippen molar-refractivity contribution in [2.45, 2.75) is 19.4 Å². The van der Waals surface area contributed by atoms with Crippen LogP contribution in [0.5, 0.6) is 17.2 Å². The molecule has 184 valence electrons. The van der Waals surface area contributed by atoms with E-state index >= 15 is 0 Å². The van der Waals surface area contributed by atoms with Crippen molar-refractivity contribution in [1.82, 2.24) is 9.80 Å². The fourth-order valence-corrected chi connectivity index (χ4v) is 4.74. The molecule has 3 aromatic rings. The van der Waals surface area contributed by atoms with Gasteiger partial charge in [-0.15, -0.1) is 0 Å². The third-order valence-electron chi connectivity index (χ3n) is 6.51. The van der Waals surface area contributed by atoms with Gasteiger partial charge in [0.2, 0.25) is 18.4 Å². The van der Waals surface area contributed by atoms with Crippen LogP contribution in [0.3, 0.4) is 0 Å². The van der Waals surface area contributed by atoms with E-state index in [1.807, 2.05) is 83.8 Å². The highest BCUT2D eigenvalue weighted by Gasteiger charge is 2.35. The summed E-state index contributed by atoms with van der Waals surface area (Å²) in [6.45, 7) is 2.40. The molecule has 3 aromatic carbocycles. The van der Waals surface area contributed by atoms with Crippen molar-refractivity contribution in [2.75, 3.05) is 27.0 Å². The fourth-order valence-electron chi connectivity index (χ4n) is 4.74. The van der Waals surface area contributed by atoms with Gasteiger partial charge in [0, 0.05) is 24.7 Å². The summed E-state index contributed by atoms with van der Waals surface area (Å²) in [6, 6.07) is 22.8. The third kappa shape index (κ3) is 4.77. The van der Waals surface area contributed by atoms with Crippen molar-refractivity contribution in [3.8, 4) is 17.2 Å². The Balaban J connectivity index is 1.54. The minimum absolute atomic E-state index is 0.0306. The fraction of sp³-hybridized carbons (Fsp3) is 0.241. The summed E-state index contributed by atoms with van der Waals surface area (Å²) < 4.78 is 16.6. The highest BCUT2D eigenvalue weighted by Crippen LogP contribution is 2.42. The first kappa shape index (κ1) is 23.5. The van der Waals surface area contributed by atoms with Gasteiger partial charge in [0.1, 0.15) is 0 Å². The van der Waals surface area contributed by atoms with Crippen molar-refractivity contribution in [3.05, 3.63) is 95.2 Å². The monoisotopic (exact) mass is 484 g/mol. The van der Waals surface area contributed by atoms with Crippen LogP contribution in [-0.4, -0.2) is 54.6 Å². The van der Waals surface area contributed by atoms with Crippen molar-refractivity contribution < 1.29 is 23.8 Å². The van der Waals surface area contributed by atoms with E-state index in [0.717, 1.165) is 16.8 Å². The number of benzene rings is 3. The Kier molecular flexibility index (Phi) is 6.62. The summed E-state index contributed by atoms with van der Waals surface area (Å²) in [5.74, 6) is 1.57. The quantitative estimate of drug-likeness (QED) is 0.538. The van der Waals surface area contributed by atoms with Crippen molar-refractivity contribution >= 4 is 17.9 Å². The molecule has 0 radical (unpaired) electrons. The summed E-state index contributed by atoms with van der Waals surface area (Å²) in [4.78, 5) is 30.1. The van der Waals surface area contributed by atoms with Crippen molar-refractivity contribution in [3.63, 3.8) is 0 Å². The predicted molar refractivity (Wildman–Crippen MR) is 136 cm³/mol. The highest BCUT2D eigenvalue weighted by atomic mass is 16.7. The van der Waals surface area contributed by atoms with E-state index in [1.165, 1.54) is 0 Å². The molecule has 0 unspecified atom stereocenters. The van der Waals surface area contributed by atoms with Crippen LogP contribution in [0.2, 0.25) is 0 Å². The van der Waals surface area contributed by atoms with Crippen LogP contribution in [-0.2, 0) is 11.2 Å². The zero-order valence-electron chi connectivity index (χ0n) is 20.3. The molecule has 2 aliphatic heterocycles. The van der Waals surface area contributed by atoms with Gasteiger partial charge in [0.25, 0.3) is 5.91 Å². The van der Waals surface area contributed by atoms with Crippen LogP contribution in [0.25, 0.3) is 6.08 Å². The molecule has 0 aromatic heterocycles. The number of hydrogen-bond donors (Lipinski definition) is 0. The van der Waals surface area contributed by atoms with Gasteiger partial charge in [-0.3, -0.25) is 9.59 Å². The molecule has 2 aliphatic rings. The van der Waals surface area contributed by atoms with Crippen LogP contribution in [0, 0.1) is 0 Å². The first-order chi connectivity index (χ1) is 17.5. The smallest absolute Gasteiger partial charge is 0.258 e. The molecule has 5 rings (SSSR count). The SMILES string of the molecule is COc1cc(/C=C2/CN(C(C)=O)[C@H](Cc3ccccc3)CN2C(=O)c2ccccc2)cc2c1OCO2. The number of methoxy groups -OCH3 is 1. The van der Waals surface area contributed by atoms with E-state index in [4.69, 9.17) is 14.2 Å². The van der Waals surface area contributed by atoms with Gasteiger partial charge < -0.3 is 24.0 Å². The number of fused-ring (bicyclic) bond motifs is 1. The summed E-state index contributed by atoms with van der Waals surface area (Å²) >= 11 is 0. The predicted octanol–water partition coefficient (Wildman–Crippen LogP) is 4.38. The zero-order chi connectivity index (χ0) is 25.1. The van der Waals surface area contributed by atoms with Gasteiger partial charge in [0.05, 0.1) is 19.7 Å². The maximum Gasteiger partial charge on any atom is 0.258 e. The second-order valence-electron chi connectivity index (χ2n) is 8.86. The lowest BCUT2D eigenvalue weighted by molar-refractivity contribution is -0.132. The van der Waals surface area contributed by atoms with Crippen LogP contribution < -0.4 is 14.2 Å². The second kappa shape index (κ2) is 10.2.